The van der Waals surface area contributed by atoms with E-state index in [0.717, 1.165) is 11.1 Å². The number of aryl methyl sites for hydroxylation is 2. The number of carbonyl (C=O) groups excluding carboxylic acids is 1. The predicted molar refractivity (Wildman–Crippen MR) is 103 cm³/mol. The molecule has 1 aliphatic rings. The molecule has 1 amide bonds. The zero-order valence-corrected chi connectivity index (χ0v) is 16.3. The molecule has 0 atom stereocenters. The number of phenolic OH excluding ortho intramolecular Hbond substituents is 1. The molecule has 2 aromatic carbocycles. The zero-order chi connectivity index (χ0) is 19.6. The van der Waals surface area contributed by atoms with Crippen LogP contribution in [0.3, 0.4) is 0 Å². The van der Waals surface area contributed by atoms with E-state index >= 15 is 0 Å². The van der Waals surface area contributed by atoms with Crippen LogP contribution in [0.25, 0.3) is 0 Å². The first kappa shape index (κ1) is 19.4. The zero-order valence-electron chi connectivity index (χ0n) is 15.5. The van der Waals surface area contributed by atoms with Crippen LogP contribution in [0.5, 0.6) is 5.75 Å². The van der Waals surface area contributed by atoms with Crippen molar-refractivity contribution in [3.63, 3.8) is 0 Å². The Labute approximate surface area is 159 Å². The second-order valence-corrected chi connectivity index (χ2v) is 8.92. The summed E-state index contributed by atoms with van der Waals surface area (Å²) in [5.41, 5.74) is 2.11. The number of nitrogens with one attached hydrogen (secondary N) is 1. The molecule has 0 saturated carbocycles. The van der Waals surface area contributed by atoms with Gasteiger partial charge in [0.15, 0.2) is 0 Å². The molecule has 0 aromatic heterocycles. The third kappa shape index (κ3) is 4.31. The van der Waals surface area contributed by atoms with Crippen LogP contribution >= 0.6 is 0 Å². The smallest absolute Gasteiger partial charge is 0.255 e. The number of benzene rings is 2. The molecule has 1 aliphatic heterocycles. The Bertz CT molecular complexity index is 931. The summed E-state index contributed by atoms with van der Waals surface area (Å²) in [4.78, 5) is 12.7. The van der Waals surface area contributed by atoms with Crippen LogP contribution in [0.2, 0.25) is 0 Å². The second kappa shape index (κ2) is 7.70. The molecule has 2 N–H and O–H groups in total. The van der Waals surface area contributed by atoms with Gasteiger partial charge in [-0.3, -0.25) is 4.79 Å². The van der Waals surface area contributed by atoms with Crippen molar-refractivity contribution in [3.05, 3.63) is 59.2 Å². The average Bonchev–Trinajstić information content (AvgIpc) is 2.62. The van der Waals surface area contributed by atoms with Gasteiger partial charge in [-0.1, -0.05) is 23.8 Å². The molecule has 0 radical (unpaired) electrons. The number of hydrogen-bond donors (Lipinski definition) is 2. The molecule has 3 rings (SSSR count). The second-order valence-electron chi connectivity index (χ2n) is 6.99. The first-order valence-electron chi connectivity index (χ1n) is 8.94. The van der Waals surface area contributed by atoms with Crippen molar-refractivity contribution in [1.29, 1.82) is 0 Å². The number of sulfonamides is 1. The number of nitrogens with zero attached hydrogens (tertiary/aromatic N) is 1. The quantitative estimate of drug-likeness (QED) is 0.843. The van der Waals surface area contributed by atoms with E-state index in [2.05, 4.69) is 5.32 Å². The number of piperidine rings is 1. The summed E-state index contributed by atoms with van der Waals surface area (Å²) in [6.45, 7) is 4.45. The SMILES string of the molecule is Cc1ccc(S(=O)(=O)N2CCC(NC(=O)c3ccc(C)cc3O)CC2)cc1. The molecule has 1 saturated heterocycles. The van der Waals surface area contributed by atoms with Crippen LogP contribution in [0.1, 0.15) is 34.3 Å². The molecule has 2 aromatic rings. The first-order valence-corrected chi connectivity index (χ1v) is 10.4. The summed E-state index contributed by atoms with van der Waals surface area (Å²) in [5.74, 6) is -0.390. The topological polar surface area (TPSA) is 86.7 Å². The molecule has 6 nitrogen and oxygen atoms in total. The summed E-state index contributed by atoms with van der Waals surface area (Å²) >= 11 is 0. The fraction of sp³-hybridized carbons (Fsp3) is 0.350. The fourth-order valence-corrected chi connectivity index (χ4v) is 4.67. The Hall–Kier alpha value is -2.38. The standard InChI is InChI=1S/C20H24N2O4S/c1-14-3-6-17(7-4-14)27(25,26)22-11-9-16(10-12-22)21-20(24)18-8-5-15(2)13-19(18)23/h3-8,13,16,23H,9-12H2,1-2H3,(H,21,24). The van der Waals surface area contributed by atoms with E-state index in [0.29, 0.717) is 30.8 Å². The minimum Gasteiger partial charge on any atom is -0.507 e. The average molecular weight is 388 g/mol. The van der Waals surface area contributed by atoms with Crippen molar-refractivity contribution in [2.45, 2.75) is 37.6 Å². The third-order valence-corrected chi connectivity index (χ3v) is 6.76. The van der Waals surface area contributed by atoms with Crippen molar-refractivity contribution in [2.75, 3.05) is 13.1 Å². The largest absolute Gasteiger partial charge is 0.507 e. The molecule has 7 heteroatoms. The molecule has 144 valence electrons. The maximum absolute atomic E-state index is 12.7. The molecule has 0 spiro atoms. The van der Waals surface area contributed by atoms with E-state index < -0.39 is 10.0 Å². The summed E-state index contributed by atoms with van der Waals surface area (Å²) in [5, 5.41) is 12.8. The molecular weight excluding hydrogens is 364 g/mol. The highest BCUT2D eigenvalue weighted by molar-refractivity contribution is 7.89. The van der Waals surface area contributed by atoms with Crippen LogP contribution in [0, 0.1) is 13.8 Å². The fourth-order valence-electron chi connectivity index (χ4n) is 3.20. The summed E-state index contributed by atoms with van der Waals surface area (Å²) < 4.78 is 26.9. The Kier molecular flexibility index (Phi) is 5.53. The Morgan fingerprint density at radius 3 is 2.22 bits per heavy atom. The van der Waals surface area contributed by atoms with Crippen LogP contribution in [-0.2, 0) is 10.0 Å². The van der Waals surface area contributed by atoms with E-state index in [1.807, 2.05) is 13.8 Å². The Morgan fingerprint density at radius 2 is 1.63 bits per heavy atom. The molecule has 1 fully saturated rings. The minimum atomic E-state index is -3.51. The highest BCUT2D eigenvalue weighted by Gasteiger charge is 2.30. The Balaban J connectivity index is 1.61. The third-order valence-electron chi connectivity index (χ3n) is 4.85. The van der Waals surface area contributed by atoms with Gasteiger partial charge >= 0.3 is 0 Å². The van der Waals surface area contributed by atoms with E-state index in [9.17, 15) is 18.3 Å². The van der Waals surface area contributed by atoms with E-state index in [1.54, 1.807) is 42.5 Å². The van der Waals surface area contributed by atoms with E-state index in [1.165, 1.54) is 4.31 Å². The summed E-state index contributed by atoms with van der Waals surface area (Å²) in [6, 6.07) is 11.6. The van der Waals surface area contributed by atoms with Gasteiger partial charge in [0, 0.05) is 19.1 Å². The van der Waals surface area contributed by atoms with Crippen molar-refractivity contribution >= 4 is 15.9 Å². The molecule has 0 unspecified atom stereocenters. The molecule has 27 heavy (non-hydrogen) atoms. The van der Waals surface area contributed by atoms with Crippen molar-refractivity contribution in [1.82, 2.24) is 9.62 Å². The van der Waals surface area contributed by atoms with Crippen molar-refractivity contribution in [3.8, 4) is 5.75 Å². The number of phenols is 1. The van der Waals surface area contributed by atoms with E-state index in [-0.39, 0.29) is 23.3 Å². The molecular formula is C20H24N2O4S. The van der Waals surface area contributed by atoms with E-state index in [4.69, 9.17) is 0 Å². The normalized spacial score (nSPS) is 16.2. The maximum Gasteiger partial charge on any atom is 0.255 e. The van der Waals surface area contributed by atoms with Gasteiger partial charge in [-0.25, -0.2) is 8.42 Å². The van der Waals surface area contributed by atoms with Crippen LogP contribution in [0.4, 0.5) is 0 Å². The Morgan fingerprint density at radius 1 is 1.04 bits per heavy atom. The monoisotopic (exact) mass is 388 g/mol. The molecule has 0 aliphatic carbocycles. The van der Waals surface area contributed by atoms with Gasteiger partial charge in [0.1, 0.15) is 5.75 Å². The summed E-state index contributed by atoms with van der Waals surface area (Å²) in [6.07, 6.45) is 1.06. The van der Waals surface area contributed by atoms with Gasteiger partial charge in [-0.2, -0.15) is 4.31 Å². The lowest BCUT2D eigenvalue weighted by atomic mass is 10.1. The number of carbonyl (C=O) groups is 1. The lowest BCUT2D eigenvalue weighted by molar-refractivity contribution is 0.0921. The maximum atomic E-state index is 12.7. The van der Waals surface area contributed by atoms with Gasteiger partial charge in [0.2, 0.25) is 10.0 Å². The number of aromatic hydroxyl groups is 1. The lowest BCUT2D eigenvalue weighted by Crippen LogP contribution is -2.46. The summed E-state index contributed by atoms with van der Waals surface area (Å²) in [7, 11) is -3.51. The minimum absolute atomic E-state index is 0.0492. The lowest BCUT2D eigenvalue weighted by Gasteiger charge is -2.31. The first-order chi connectivity index (χ1) is 12.8. The highest BCUT2D eigenvalue weighted by Crippen LogP contribution is 2.22. The van der Waals surface area contributed by atoms with Gasteiger partial charge < -0.3 is 10.4 Å². The highest BCUT2D eigenvalue weighted by atomic mass is 32.2. The van der Waals surface area contributed by atoms with Gasteiger partial charge in [0.05, 0.1) is 10.5 Å². The number of hydrogen-bond acceptors (Lipinski definition) is 4. The van der Waals surface area contributed by atoms with Crippen molar-refractivity contribution < 1.29 is 18.3 Å². The van der Waals surface area contributed by atoms with Gasteiger partial charge in [0.25, 0.3) is 5.91 Å². The van der Waals surface area contributed by atoms with Crippen LogP contribution in [0.15, 0.2) is 47.4 Å². The van der Waals surface area contributed by atoms with Gasteiger partial charge in [-0.05, 0) is 56.5 Å². The van der Waals surface area contributed by atoms with Crippen molar-refractivity contribution in [2.24, 2.45) is 0 Å². The van der Waals surface area contributed by atoms with Gasteiger partial charge in [-0.15, -0.1) is 0 Å². The van der Waals surface area contributed by atoms with Crippen LogP contribution < -0.4 is 5.32 Å². The predicted octanol–water partition coefficient (Wildman–Crippen LogP) is 2.59. The molecule has 1 heterocycles. The number of rotatable bonds is 4. The number of amides is 1. The van der Waals surface area contributed by atoms with Crippen LogP contribution in [-0.4, -0.2) is 42.9 Å². The molecule has 0 bridgehead atoms.